The minimum Gasteiger partial charge on any atom is -0.463 e. The SMILES string of the molecule is CC(C)CNCCC(=O)OC(C)C. The number of hydrogen-bond acceptors (Lipinski definition) is 3. The number of esters is 1. The number of ether oxygens (including phenoxy) is 1. The van der Waals surface area contributed by atoms with E-state index < -0.39 is 0 Å². The van der Waals surface area contributed by atoms with Gasteiger partial charge in [0.25, 0.3) is 0 Å². The molecule has 0 amide bonds. The number of carbonyl (C=O) groups is 1. The molecule has 0 bridgehead atoms. The fourth-order valence-corrected chi connectivity index (χ4v) is 0.903. The molecule has 0 aromatic heterocycles. The third kappa shape index (κ3) is 9.34. The van der Waals surface area contributed by atoms with E-state index in [1.807, 2.05) is 13.8 Å². The van der Waals surface area contributed by atoms with Crippen LogP contribution in [0.25, 0.3) is 0 Å². The van der Waals surface area contributed by atoms with Crippen molar-refractivity contribution in [1.82, 2.24) is 5.32 Å². The Kier molecular flexibility index (Phi) is 6.59. The van der Waals surface area contributed by atoms with Crippen LogP contribution in [0, 0.1) is 5.92 Å². The van der Waals surface area contributed by atoms with Crippen LogP contribution < -0.4 is 5.32 Å². The molecule has 0 saturated heterocycles. The van der Waals surface area contributed by atoms with Crippen molar-refractivity contribution in [2.45, 2.75) is 40.2 Å². The molecule has 0 aliphatic rings. The number of rotatable bonds is 6. The molecule has 3 nitrogen and oxygen atoms in total. The second-order valence-corrected chi connectivity index (χ2v) is 3.89. The van der Waals surface area contributed by atoms with Gasteiger partial charge in [-0.25, -0.2) is 0 Å². The summed E-state index contributed by atoms with van der Waals surface area (Å²) in [5.41, 5.74) is 0. The maximum Gasteiger partial charge on any atom is 0.307 e. The van der Waals surface area contributed by atoms with Gasteiger partial charge in [0, 0.05) is 6.54 Å². The number of carbonyl (C=O) groups excluding carboxylic acids is 1. The molecular formula is C10H21NO2. The van der Waals surface area contributed by atoms with Gasteiger partial charge in [0.05, 0.1) is 12.5 Å². The zero-order chi connectivity index (χ0) is 10.3. The van der Waals surface area contributed by atoms with E-state index in [0.717, 1.165) is 6.54 Å². The first-order valence-electron chi connectivity index (χ1n) is 4.92. The van der Waals surface area contributed by atoms with Gasteiger partial charge < -0.3 is 10.1 Å². The predicted molar refractivity (Wildman–Crippen MR) is 53.6 cm³/mol. The van der Waals surface area contributed by atoms with E-state index in [-0.39, 0.29) is 12.1 Å². The fourth-order valence-electron chi connectivity index (χ4n) is 0.903. The van der Waals surface area contributed by atoms with Gasteiger partial charge in [0.15, 0.2) is 0 Å². The maximum atomic E-state index is 11.0. The molecular weight excluding hydrogens is 166 g/mol. The average Bonchev–Trinajstić information content (AvgIpc) is 1.96. The van der Waals surface area contributed by atoms with Gasteiger partial charge >= 0.3 is 5.97 Å². The third-order valence-electron chi connectivity index (χ3n) is 1.43. The van der Waals surface area contributed by atoms with Crippen molar-refractivity contribution in [3.63, 3.8) is 0 Å². The van der Waals surface area contributed by atoms with Crippen molar-refractivity contribution < 1.29 is 9.53 Å². The molecule has 0 atom stereocenters. The van der Waals surface area contributed by atoms with Crippen LogP contribution in [0.3, 0.4) is 0 Å². The van der Waals surface area contributed by atoms with Gasteiger partial charge in [-0.05, 0) is 26.3 Å². The lowest BCUT2D eigenvalue weighted by Gasteiger charge is -2.09. The van der Waals surface area contributed by atoms with E-state index in [2.05, 4.69) is 19.2 Å². The fraction of sp³-hybridized carbons (Fsp3) is 0.900. The smallest absolute Gasteiger partial charge is 0.307 e. The summed E-state index contributed by atoms with van der Waals surface area (Å²) < 4.78 is 4.98. The molecule has 0 unspecified atom stereocenters. The first kappa shape index (κ1) is 12.4. The molecule has 0 heterocycles. The summed E-state index contributed by atoms with van der Waals surface area (Å²) in [5.74, 6) is 0.507. The Morgan fingerprint density at radius 2 is 1.92 bits per heavy atom. The molecule has 0 radical (unpaired) electrons. The van der Waals surface area contributed by atoms with Gasteiger partial charge in [-0.3, -0.25) is 4.79 Å². The van der Waals surface area contributed by atoms with E-state index in [4.69, 9.17) is 4.74 Å². The molecule has 13 heavy (non-hydrogen) atoms. The standard InChI is InChI=1S/C10H21NO2/c1-8(2)7-11-6-5-10(12)13-9(3)4/h8-9,11H,5-7H2,1-4H3. The zero-order valence-corrected chi connectivity index (χ0v) is 9.09. The van der Waals surface area contributed by atoms with Gasteiger partial charge in [-0.1, -0.05) is 13.8 Å². The van der Waals surface area contributed by atoms with E-state index in [9.17, 15) is 4.79 Å². The van der Waals surface area contributed by atoms with Crippen LogP contribution in [0.2, 0.25) is 0 Å². The molecule has 0 spiro atoms. The molecule has 0 aliphatic heterocycles. The first-order chi connectivity index (χ1) is 6.02. The summed E-state index contributed by atoms with van der Waals surface area (Å²) in [4.78, 5) is 11.0. The summed E-state index contributed by atoms with van der Waals surface area (Å²) in [6, 6.07) is 0. The largest absolute Gasteiger partial charge is 0.463 e. The van der Waals surface area contributed by atoms with Crippen molar-refractivity contribution in [2.24, 2.45) is 5.92 Å². The first-order valence-corrected chi connectivity index (χ1v) is 4.92. The lowest BCUT2D eigenvalue weighted by molar-refractivity contribution is -0.147. The number of nitrogens with one attached hydrogen (secondary N) is 1. The summed E-state index contributed by atoms with van der Waals surface area (Å²) in [6.07, 6.45) is 0.461. The second-order valence-electron chi connectivity index (χ2n) is 3.89. The van der Waals surface area contributed by atoms with E-state index in [1.54, 1.807) is 0 Å². The van der Waals surface area contributed by atoms with Gasteiger partial charge in [-0.2, -0.15) is 0 Å². The van der Waals surface area contributed by atoms with Crippen molar-refractivity contribution >= 4 is 5.97 Å². The highest BCUT2D eigenvalue weighted by molar-refractivity contribution is 5.69. The van der Waals surface area contributed by atoms with Crippen LogP contribution in [0.15, 0.2) is 0 Å². The summed E-state index contributed by atoms with van der Waals surface area (Å²) in [5, 5.41) is 3.19. The Balaban J connectivity index is 3.27. The minimum atomic E-state index is -0.119. The lowest BCUT2D eigenvalue weighted by atomic mass is 10.2. The van der Waals surface area contributed by atoms with Gasteiger partial charge in [0.2, 0.25) is 0 Å². The van der Waals surface area contributed by atoms with Crippen LogP contribution in [-0.2, 0) is 9.53 Å². The molecule has 0 aromatic rings. The molecule has 0 aliphatic carbocycles. The zero-order valence-electron chi connectivity index (χ0n) is 9.09. The molecule has 78 valence electrons. The van der Waals surface area contributed by atoms with Gasteiger partial charge in [-0.15, -0.1) is 0 Å². The Labute approximate surface area is 80.8 Å². The lowest BCUT2D eigenvalue weighted by Crippen LogP contribution is -2.24. The normalized spacial score (nSPS) is 10.9. The van der Waals surface area contributed by atoms with Crippen LogP contribution in [-0.4, -0.2) is 25.2 Å². The molecule has 0 fully saturated rings. The predicted octanol–water partition coefficient (Wildman–Crippen LogP) is 1.57. The van der Waals surface area contributed by atoms with Crippen molar-refractivity contribution in [2.75, 3.05) is 13.1 Å². The van der Waals surface area contributed by atoms with Crippen LogP contribution in [0.1, 0.15) is 34.1 Å². The van der Waals surface area contributed by atoms with Crippen molar-refractivity contribution in [3.05, 3.63) is 0 Å². The summed E-state index contributed by atoms with van der Waals surface area (Å²) in [7, 11) is 0. The highest BCUT2D eigenvalue weighted by Crippen LogP contribution is 1.93. The van der Waals surface area contributed by atoms with Crippen LogP contribution in [0.4, 0.5) is 0 Å². The van der Waals surface area contributed by atoms with Gasteiger partial charge in [0.1, 0.15) is 0 Å². The average molecular weight is 187 g/mol. The summed E-state index contributed by atoms with van der Waals surface area (Å²) in [6.45, 7) is 9.66. The maximum absolute atomic E-state index is 11.0. The van der Waals surface area contributed by atoms with Crippen LogP contribution >= 0.6 is 0 Å². The monoisotopic (exact) mass is 187 g/mol. The molecule has 1 N–H and O–H groups in total. The number of hydrogen-bond donors (Lipinski definition) is 1. The molecule has 3 heteroatoms. The highest BCUT2D eigenvalue weighted by atomic mass is 16.5. The molecule has 0 aromatic carbocycles. The third-order valence-corrected chi connectivity index (χ3v) is 1.43. The summed E-state index contributed by atoms with van der Waals surface area (Å²) >= 11 is 0. The quantitative estimate of drug-likeness (QED) is 0.507. The minimum absolute atomic E-state index is 0.00222. The topological polar surface area (TPSA) is 38.3 Å². The Bertz CT molecular complexity index is 144. The molecule has 0 saturated carbocycles. The van der Waals surface area contributed by atoms with Crippen molar-refractivity contribution in [1.29, 1.82) is 0 Å². The Hall–Kier alpha value is -0.570. The highest BCUT2D eigenvalue weighted by Gasteiger charge is 2.04. The van der Waals surface area contributed by atoms with E-state index in [1.165, 1.54) is 0 Å². The van der Waals surface area contributed by atoms with Crippen molar-refractivity contribution in [3.8, 4) is 0 Å². The van der Waals surface area contributed by atoms with Crippen LogP contribution in [0.5, 0.6) is 0 Å². The Morgan fingerprint density at radius 1 is 1.31 bits per heavy atom. The second kappa shape index (κ2) is 6.89. The molecule has 0 rings (SSSR count). The van der Waals surface area contributed by atoms with E-state index in [0.29, 0.717) is 18.9 Å². The Morgan fingerprint density at radius 3 is 2.38 bits per heavy atom. The van der Waals surface area contributed by atoms with E-state index >= 15 is 0 Å².